The highest BCUT2D eigenvalue weighted by atomic mass is 35.5. The number of pyridine rings is 1. The number of rotatable bonds is 9. The molecule has 1 N–H and O–H groups in total. The van der Waals surface area contributed by atoms with Crippen molar-refractivity contribution in [3.63, 3.8) is 0 Å². The Kier molecular flexibility index (Phi) is 6.07. The SMILES string of the molecule is CCNCc1cnc(N(C)CCOCC2CC2)c(Cl)c1. The zero-order chi connectivity index (χ0) is 14.4. The third kappa shape index (κ3) is 4.93. The van der Waals surface area contributed by atoms with E-state index in [2.05, 4.69) is 17.2 Å². The normalized spacial score (nSPS) is 14.6. The Balaban J connectivity index is 1.79. The van der Waals surface area contributed by atoms with Gasteiger partial charge in [0.25, 0.3) is 0 Å². The first-order valence-corrected chi connectivity index (χ1v) is 7.72. The fourth-order valence-electron chi connectivity index (χ4n) is 1.96. The van der Waals surface area contributed by atoms with Gasteiger partial charge < -0.3 is 15.0 Å². The van der Waals surface area contributed by atoms with Crippen molar-refractivity contribution in [2.75, 3.05) is 38.3 Å². The van der Waals surface area contributed by atoms with Crippen molar-refractivity contribution in [1.29, 1.82) is 0 Å². The van der Waals surface area contributed by atoms with Crippen LogP contribution in [0.5, 0.6) is 0 Å². The molecule has 1 aliphatic rings. The van der Waals surface area contributed by atoms with Crippen LogP contribution in [0.3, 0.4) is 0 Å². The van der Waals surface area contributed by atoms with Gasteiger partial charge in [0.1, 0.15) is 5.82 Å². The van der Waals surface area contributed by atoms with Crippen LogP contribution in [0.25, 0.3) is 0 Å². The maximum atomic E-state index is 6.30. The maximum Gasteiger partial charge on any atom is 0.147 e. The predicted molar refractivity (Wildman–Crippen MR) is 83.4 cm³/mol. The van der Waals surface area contributed by atoms with Gasteiger partial charge in [0.2, 0.25) is 0 Å². The lowest BCUT2D eigenvalue weighted by atomic mass is 10.2. The molecule has 5 heteroatoms. The minimum absolute atomic E-state index is 0.699. The second-order valence-electron chi connectivity index (χ2n) is 5.37. The van der Waals surface area contributed by atoms with Crippen LogP contribution in [0.2, 0.25) is 5.02 Å². The summed E-state index contributed by atoms with van der Waals surface area (Å²) in [5.74, 6) is 1.63. The van der Waals surface area contributed by atoms with Gasteiger partial charge in [-0.05, 0) is 36.9 Å². The molecule has 20 heavy (non-hydrogen) atoms. The van der Waals surface area contributed by atoms with E-state index in [4.69, 9.17) is 16.3 Å². The van der Waals surface area contributed by atoms with Crippen LogP contribution in [0.4, 0.5) is 5.82 Å². The summed E-state index contributed by atoms with van der Waals surface area (Å²) in [5.41, 5.74) is 1.11. The monoisotopic (exact) mass is 297 g/mol. The van der Waals surface area contributed by atoms with Gasteiger partial charge >= 0.3 is 0 Å². The van der Waals surface area contributed by atoms with E-state index < -0.39 is 0 Å². The van der Waals surface area contributed by atoms with Gasteiger partial charge in [-0.25, -0.2) is 4.98 Å². The summed E-state index contributed by atoms with van der Waals surface area (Å²) in [5, 5.41) is 3.97. The van der Waals surface area contributed by atoms with E-state index in [1.54, 1.807) is 0 Å². The summed E-state index contributed by atoms with van der Waals surface area (Å²) in [6.45, 7) is 6.26. The molecular formula is C15H24ClN3O. The van der Waals surface area contributed by atoms with Crippen LogP contribution in [-0.2, 0) is 11.3 Å². The topological polar surface area (TPSA) is 37.4 Å². The maximum absolute atomic E-state index is 6.30. The molecule has 0 atom stereocenters. The summed E-state index contributed by atoms with van der Waals surface area (Å²) < 4.78 is 5.64. The molecule has 0 unspecified atom stereocenters. The quantitative estimate of drug-likeness (QED) is 0.711. The molecular weight excluding hydrogens is 274 g/mol. The fraction of sp³-hybridized carbons (Fsp3) is 0.667. The smallest absolute Gasteiger partial charge is 0.147 e. The molecule has 0 amide bonds. The Hall–Kier alpha value is -0.840. The number of nitrogens with one attached hydrogen (secondary N) is 1. The van der Waals surface area contributed by atoms with Gasteiger partial charge in [0.15, 0.2) is 0 Å². The molecule has 1 aliphatic carbocycles. The van der Waals surface area contributed by atoms with E-state index in [1.807, 2.05) is 24.2 Å². The van der Waals surface area contributed by atoms with Crippen molar-refractivity contribution >= 4 is 17.4 Å². The van der Waals surface area contributed by atoms with Gasteiger partial charge in [-0.3, -0.25) is 0 Å². The van der Waals surface area contributed by atoms with E-state index >= 15 is 0 Å². The Morgan fingerprint density at radius 2 is 2.30 bits per heavy atom. The van der Waals surface area contributed by atoms with Crippen molar-refractivity contribution in [3.05, 3.63) is 22.8 Å². The number of aromatic nitrogens is 1. The second kappa shape index (κ2) is 7.81. The molecule has 4 nitrogen and oxygen atoms in total. The summed E-state index contributed by atoms with van der Waals surface area (Å²) in [4.78, 5) is 6.50. The summed E-state index contributed by atoms with van der Waals surface area (Å²) >= 11 is 6.30. The summed E-state index contributed by atoms with van der Waals surface area (Å²) in [6, 6.07) is 1.98. The van der Waals surface area contributed by atoms with Crippen LogP contribution in [0.1, 0.15) is 25.3 Å². The van der Waals surface area contributed by atoms with E-state index in [-0.39, 0.29) is 0 Å². The van der Waals surface area contributed by atoms with Crippen molar-refractivity contribution in [3.8, 4) is 0 Å². The molecule has 0 spiro atoms. The third-order valence-electron chi connectivity index (χ3n) is 3.44. The number of anilines is 1. The van der Waals surface area contributed by atoms with Gasteiger partial charge in [-0.15, -0.1) is 0 Å². The van der Waals surface area contributed by atoms with E-state index in [0.29, 0.717) is 5.02 Å². The van der Waals surface area contributed by atoms with Gasteiger partial charge in [0.05, 0.1) is 11.6 Å². The molecule has 112 valence electrons. The Morgan fingerprint density at radius 1 is 1.50 bits per heavy atom. The molecule has 1 aromatic heterocycles. The van der Waals surface area contributed by atoms with Gasteiger partial charge in [-0.2, -0.15) is 0 Å². The van der Waals surface area contributed by atoms with E-state index in [0.717, 1.165) is 50.1 Å². The molecule has 0 aliphatic heterocycles. The molecule has 2 rings (SSSR count). The number of nitrogens with zero attached hydrogens (tertiary/aromatic N) is 2. The first-order valence-electron chi connectivity index (χ1n) is 7.34. The largest absolute Gasteiger partial charge is 0.379 e. The molecule has 1 aromatic rings. The minimum atomic E-state index is 0.699. The van der Waals surface area contributed by atoms with Crippen molar-refractivity contribution < 1.29 is 4.74 Å². The average molecular weight is 298 g/mol. The first kappa shape index (κ1) is 15.5. The van der Waals surface area contributed by atoms with Crippen molar-refractivity contribution in [2.45, 2.75) is 26.3 Å². The summed E-state index contributed by atoms with van der Waals surface area (Å²) in [6.07, 6.45) is 4.54. The van der Waals surface area contributed by atoms with E-state index in [9.17, 15) is 0 Å². The van der Waals surface area contributed by atoms with Gasteiger partial charge in [0, 0.05) is 32.9 Å². The Morgan fingerprint density at radius 3 is 2.95 bits per heavy atom. The molecule has 1 fully saturated rings. The number of halogens is 1. The van der Waals surface area contributed by atoms with Crippen LogP contribution >= 0.6 is 11.6 Å². The van der Waals surface area contributed by atoms with Crippen LogP contribution < -0.4 is 10.2 Å². The lowest BCUT2D eigenvalue weighted by Gasteiger charge is -2.19. The molecule has 0 saturated heterocycles. The van der Waals surface area contributed by atoms with E-state index in [1.165, 1.54) is 12.8 Å². The van der Waals surface area contributed by atoms with Crippen LogP contribution in [0.15, 0.2) is 12.3 Å². The molecule has 1 heterocycles. The third-order valence-corrected chi connectivity index (χ3v) is 3.72. The fourth-order valence-corrected chi connectivity index (χ4v) is 2.29. The Labute approximate surface area is 126 Å². The molecule has 0 aromatic carbocycles. The summed E-state index contributed by atoms with van der Waals surface area (Å²) in [7, 11) is 2.00. The minimum Gasteiger partial charge on any atom is -0.379 e. The zero-order valence-electron chi connectivity index (χ0n) is 12.4. The van der Waals surface area contributed by atoms with Crippen molar-refractivity contribution in [2.24, 2.45) is 5.92 Å². The Bertz CT molecular complexity index is 424. The number of hydrogen-bond donors (Lipinski definition) is 1. The lowest BCUT2D eigenvalue weighted by Crippen LogP contribution is -2.24. The highest BCUT2D eigenvalue weighted by Crippen LogP contribution is 2.28. The second-order valence-corrected chi connectivity index (χ2v) is 5.78. The van der Waals surface area contributed by atoms with Gasteiger partial charge in [-0.1, -0.05) is 18.5 Å². The number of hydrogen-bond acceptors (Lipinski definition) is 4. The molecule has 0 bridgehead atoms. The predicted octanol–water partition coefficient (Wildman–Crippen LogP) is 2.71. The standard InChI is InChI=1S/C15H24ClN3O/c1-3-17-9-13-8-14(16)15(18-10-13)19(2)6-7-20-11-12-4-5-12/h8,10,12,17H,3-7,9,11H2,1-2H3. The lowest BCUT2D eigenvalue weighted by molar-refractivity contribution is 0.131. The number of likely N-dealkylation sites (N-methyl/N-ethyl adjacent to an activating group) is 1. The number of ether oxygens (including phenoxy) is 1. The first-order chi connectivity index (χ1) is 9.70. The molecule has 1 saturated carbocycles. The average Bonchev–Trinajstić information content (AvgIpc) is 3.25. The van der Waals surface area contributed by atoms with Crippen molar-refractivity contribution in [1.82, 2.24) is 10.3 Å². The van der Waals surface area contributed by atoms with Crippen LogP contribution in [0, 0.1) is 5.92 Å². The highest BCUT2D eigenvalue weighted by molar-refractivity contribution is 6.33. The highest BCUT2D eigenvalue weighted by Gasteiger charge is 2.21. The zero-order valence-corrected chi connectivity index (χ0v) is 13.1. The van der Waals surface area contributed by atoms with Crippen LogP contribution in [-0.4, -0.2) is 38.3 Å². The molecule has 0 radical (unpaired) electrons.